The third kappa shape index (κ3) is 1.34. The molecule has 1 nitrogen and oxygen atoms in total. The van der Waals surface area contributed by atoms with Crippen LogP contribution in [-0.2, 0) is 4.74 Å². The van der Waals surface area contributed by atoms with Crippen molar-refractivity contribution in [2.75, 3.05) is 13.2 Å². The molecule has 1 aliphatic heterocycles. The third-order valence-electron chi connectivity index (χ3n) is 2.98. The monoisotopic (exact) mass is 140 g/mol. The minimum Gasteiger partial charge on any atom is -0.381 e. The summed E-state index contributed by atoms with van der Waals surface area (Å²) in [7, 11) is 0. The van der Waals surface area contributed by atoms with Gasteiger partial charge in [-0.2, -0.15) is 0 Å². The van der Waals surface area contributed by atoms with Gasteiger partial charge in [0, 0.05) is 13.2 Å². The van der Waals surface area contributed by atoms with Gasteiger partial charge in [-0.1, -0.05) is 6.42 Å². The molecule has 0 amide bonds. The van der Waals surface area contributed by atoms with Crippen LogP contribution < -0.4 is 0 Å². The average Bonchev–Trinajstić information content (AvgIpc) is 2.61. The van der Waals surface area contributed by atoms with Gasteiger partial charge in [0.05, 0.1) is 0 Å². The summed E-state index contributed by atoms with van der Waals surface area (Å²) in [6.45, 7) is 2.04. The summed E-state index contributed by atoms with van der Waals surface area (Å²) in [5.74, 6) is 0. The van der Waals surface area contributed by atoms with Crippen molar-refractivity contribution in [1.82, 2.24) is 0 Å². The van der Waals surface area contributed by atoms with Gasteiger partial charge in [-0.15, -0.1) is 0 Å². The van der Waals surface area contributed by atoms with Gasteiger partial charge < -0.3 is 4.74 Å². The predicted octanol–water partition coefficient (Wildman–Crippen LogP) is 2.36. The summed E-state index contributed by atoms with van der Waals surface area (Å²) in [5.41, 5.74) is 0.778. The lowest BCUT2D eigenvalue weighted by atomic mass is 9.95. The van der Waals surface area contributed by atoms with Gasteiger partial charge in [0.15, 0.2) is 0 Å². The number of hydrogen-bond donors (Lipinski definition) is 0. The van der Waals surface area contributed by atoms with Crippen LogP contribution in [0.1, 0.15) is 38.5 Å². The van der Waals surface area contributed by atoms with E-state index in [0.29, 0.717) is 0 Å². The summed E-state index contributed by atoms with van der Waals surface area (Å²) >= 11 is 0. The van der Waals surface area contributed by atoms with Crippen molar-refractivity contribution in [3.63, 3.8) is 0 Å². The fourth-order valence-corrected chi connectivity index (χ4v) is 1.90. The maximum absolute atomic E-state index is 5.45. The Morgan fingerprint density at radius 2 is 1.70 bits per heavy atom. The predicted molar refractivity (Wildman–Crippen MR) is 41.0 cm³/mol. The molecule has 0 bridgehead atoms. The van der Waals surface area contributed by atoms with E-state index in [1.165, 1.54) is 38.5 Å². The van der Waals surface area contributed by atoms with Crippen molar-refractivity contribution in [2.24, 2.45) is 5.41 Å². The molecular weight excluding hydrogens is 124 g/mol. The smallest absolute Gasteiger partial charge is 0.0471 e. The highest BCUT2D eigenvalue weighted by atomic mass is 16.5. The second-order valence-corrected chi connectivity index (χ2v) is 3.82. The number of rotatable bonds is 0. The lowest BCUT2D eigenvalue weighted by Crippen LogP contribution is -2.10. The zero-order valence-electron chi connectivity index (χ0n) is 6.57. The van der Waals surface area contributed by atoms with E-state index < -0.39 is 0 Å². The van der Waals surface area contributed by atoms with Crippen molar-refractivity contribution in [2.45, 2.75) is 38.5 Å². The second-order valence-electron chi connectivity index (χ2n) is 3.82. The van der Waals surface area contributed by atoms with Crippen molar-refractivity contribution in [1.29, 1.82) is 0 Å². The molecule has 58 valence electrons. The number of hydrogen-bond acceptors (Lipinski definition) is 1. The molecule has 1 saturated heterocycles. The van der Waals surface area contributed by atoms with Gasteiger partial charge in [-0.25, -0.2) is 0 Å². The third-order valence-corrected chi connectivity index (χ3v) is 2.98. The van der Waals surface area contributed by atoms with E-state index >= 15 is 0 Å². The highest BCUT2D eigenvalue weighted by Gasteiger charge is 2.41. The Hall–Kier alpha value is -0.0400. The van der Waals surface area contributed by atoms with Crippen LogP contribution in [0.25, 0.3) is 0 Å². The van der Waals surface area contributed by atoms with Gasteiger partial charge >= 0.3 is 0 Å². The molecule has 1 heterocycles. The average molecular weight is 140 g/mol. The van der Waals surface area contributed by atoms with Crippen LogP contribution in [-0.4, -0.2) is 13.2 Å². The highest BCUT2D eigenvalue weighted by molar-refractivity contribution is 4.92. The Morgan fingerprint density at radius 1 is 0.800 bits per heavy atom. The van der Waals surface area contributed by atoms with E-state index in [1.807, 2.05) is 0 Å². The second kappa shape index (κ2) is 2.54. The largest absolute Gasteiger partial charge is 0.381 e. The molecule has 2 rings (SSSR count). The molecule has 0 aromatic carbocycles. The Kier molecular flexibility index (Phi) is 1.69. The maximum atomic E-state index is 5.45. The minimum atomic E-state index is 0.778. The summed E-state index contributed by atoms with van der Waals surface area (Å²) in [6, 6.07) is 0. The van der Waals surface area contributed by atoms with Crippen molar-refractivity contribution >= 4 is 0 Å². The van der Waals surface area contributed by atoms with E-state index in [4.69, 9.17) is 4.74 Å². The molecule has 0 unspecified atom stereocenters. The Morgan fingerprint density at radius 3 is 2.50 bits per heavy atom. The molecule has 2 fully saturated rings. The first-order valence-electron chi connectivity index (χ1n) is 4.49. The summed E-state index contributed by atoms with van der Waals surface area (Å²) in [4.78, 5) is 0. The molecule has 0 aromatic rings. The van der Waals surface area contributed by atoms with E-state index in [0.717, 1.165) is 18.6 Å². The van der Waals surface area contributed by atoms with Crippen molar-refractivity contribution < 1.29 is 4.74 Å². The first-order valence-corrected chi connectivity index (χ1v) is 4.49. The maximum Gasteiger partial charge on any atom is 0.0471 e. The summed E-state index contributed by atoms with van der Waals surface area (Å²) in [6.07, 6.45) is 8.48. The molecule has 1 heteroatoms. The Balaban J connectivity index is 1.84. The fourth-order valence-electron chi connectivity index (χ4n) is 1.90. The van der Waals surface area contributed by atoms with Gasteiger partial charge in [-0.3, -0.25) is 0 Å². The Bertz CT molecular complexity index is 106. The molecule has 0 atom stereocenters. The van der Waals surface area contributed by atoms with Gasteiger partial charge in [0.1, 0.15) is 0 Å². The van der Waals surface area contributed by atoms with E-state index in [9.17, 15) is 0 Å². The SMILES string of the molecule is C1CCC2(CCOC1)CC2. The van der Waals surface area contributed by atoms with Crippen molar-refractivity contribution in [3.05, 3.63) is 0 Å². The molecule has 1 aliphatic carbocycles. The van der Waals surface area contributed by atoms with Crippen LogP contribution in [0.3, 0.4) is 0 Å². The van der Waals surface area contributed by atoms with Crippen LogP contribution in [0.2, 0.25) is 0 Å². The van der Waals surface area contributed by atoms with Gasteiger partial charge in [0.25, 0.3) is 0 Å². The van der Waals surface area contributed by atoms with Crippen LogP contribution in [0, 0.1) is 5.41 Å². The molecule has 0 aromatic heterocycles. The fraction of sp³-hybridized carbons (Fsp3) is 1.00. The standard InChI is InChI=1S/C9H16O/c1-2-7-10-8-6-9(3-1)4-5-9/h1-8H2. The molecule has 2 aliphatic rings. The Labute approximate surface area is 62.8 Å². The molecule has 0 N–H and O–H groups in total. The zero-order chi connectivity index (χ0) is 6.86. The lowest BCUT2D eigenvalue weighted by Gasteiger charge is -2.18. The lowest BCUT2D eigenvalue weighted by molar-refractivity contribution is 0.0952. The van der Waals surface area contributed by atoms with Crippen molar-refractivity contribution in [3.8, 4) is 0 Å². The van der Waals surface area contributed by atoms with Gasteiger partial charge in [0.2, 0.25) is 0 Å². The molecule has 0 radical (unpaired) electrons. The summed E-state index contributed by atoms with van der Waals surface area (Å²) in [5, 5.41) is 0. The molecule has 1 spiro atoms. The first-order chi connectivity index (χ1) is 4.91. The minimum absolute atomic E-state index is 0.778. The highest BCUT2D eigenvalue weighted by Crippen LogP contribution is 2.53. The van der Waals surface area contributed by atoms with Crippen LogP contribution in [0.15, 0.2) is 0 Å². The van der Waals surface area contributed by atoms with E-state index in [2.05, 4.69) is 0 Å². The first kappa shape index (κ1) is 6.66. The topological polar surface area (TPSA) is 9.23 Å². The van der Waals surface area contributed by atoms with Gasteiger partial charge in [-0.05, 0) is 37.5 Å². The normalized spacial score (nSPS) is 31.2. The molecule has 1 saturated carbocycles. The summed E-state index contributed by atoms with van der Waals surface area (Å²) < 4.78 is 5.45. The van der Waals surface area contributed by atoms with E-state index in [-0.39, 0.29) is 0 Å². The molecular formula is C9H16O. The van der Waals surface area contributed by atoms with E-state index in [1.54, 1.807) is 0 Å². The molecule has 10 heavy (non-hydrogen) atoms. The van der Waals surface area contributed by atoms with Crippen LogP contribution in [0.4, 0.5) is 0 Å². The zero-order valence-corrected chi connectivity index (χ0v) is 6.57. The number of ether oxygens (including phenoxy) is 1. The van der Waals surface area contributed by atoms with Crippen LogP contribution in [0.5, 0.6) is 0 Å². The quantitative estimate of drug-likeness (QED) is 0.502. The van der Waals surface area contributed by atoms with Crippen LogP contribution >= 0.6 is 0 Å².